The zero-order chi connectivity index (χ0) is 12.8. The summed E-state index contributed by atoms with van der Waals surface area (Å²) in [4.78, 5) is 4.09. The number of hydrogen-bond donors (Lipinski definition) is 1. The maximum atomic E-state index is 6.53. The molecule has 4 saturated carbocycles. The standard InChI is InChI=1S/C15H23N3O/c16-13(1-2-14-17-8-18-19-14)15-11-4-9-3-10(6-11)7-12(15)5-9/h8-13,15H,1-7,16H2. The van der Waals surface area contributed by atoms with Gasteiger partial charge >= 0.3 is 0 Å². The number of aryl methyl sites for hydroxylation is 1. The van der Waals surface area contributed by atoms with Crippen LogP contribution in [0.2, 0.25) is 0 Å². The quantitative estimate of drug-likeness (QED) is 0.904. The summed E-state index contributed by atoms with van der Waals surface area (Å²) in [7, 11) is 0. The lowest BCUT2D eigenvalue weighted by Crippen LogP contribution is -2.51. The molecule has 0 saturated heterocycles. The lowest BCUT2D eigenvalue weighted by atomic mass is 9.50. The van der Waals surface area contributed by atoms with Crippen LogP contribution in [0, 0.1) is 29.6 Å². The Balaban J connectivity index is 1.41. The molecule has 104 valence electrons. The van der Waals surface area contributed by atoms with Gasteiger partial charge in [0, 0.05) is 12.5 Å². The van der Waals surface area contributed by atoms with Crippen molar-refractivity contribution < 1.29 is 4.52 Å². The molecule has 2 N–H and O–H groups in total. The largest absolute Gasteiger partial charge is 0.340 e. The molecular weight excluding hydrogens is 238 g/mol. The van der Waals surface area contributed by atoms with E-state index in [4.69, 9.17) is 10.3 Å². The highest BCUT2D eigenvalue weighted by Gasteiger charge is 2.49. The van der Waals surface area contributed by atoms with Gasteiger partial charge in [-0.15, -0.1) is 0 Å². The van der Waals surface area contributed by atoms with Crippen LogP contribution in [-0.4, -0.2) is 16.2 Å². The minimum atomic E-state index is 0.321. The molecule has 1 aromatic rings. The van der Waals surface area contributed by atoms with Gasteiger partial charge in [0.2, 0.25) is 5.89 Å². The molecule has 4 aliphatic rings. The SMILES string of the molecule is NC(CCc1ncno1)C1C2CC3CC(C2)CC1C3. The number of rotatable bonds is 4. The van der Waals surface area contributed by atoms with Crippen LogP contribution >= 0.6 is 0 Å². The van der Waals surface area contributed by atoms with E-state index < -0.39 is 0 Å². The van der Waals surface area contributed by atoms with E-state index in [9.17, 15) is 0 Å². The molecule has 1 unspecified atom stereocenters. The van der Waals surface area contributed by atoms with Gasteiger partial charge in [-0.1, -0.05) is 5.16 Å². The second-order valence-electron chi connectivity index (χ2n) is 7.05. The van der Waals surface area contributed by atoms with Crippen molar-refractivity contribution in [3.63, 3.8) is 0 Å². The first-order valence-corrected chi connectivity index (χ1v) is 7.80. The second-order valence-corrected chi connectivity index (χ2v) is 7.05. The van der Waals surface area contributed by atoms with Gasteiger partial charge in [0.1, 0.15) is 0 Å². The van der Waals surface area contributed by atoms with Gasteiger partial charge in [-0.2, -0.15) is 4.98 Å². The maximum Gasteiger partial charge on any atom is 0.226 e. The highest BCUT2D eigenvalue weighted by molar-refractivity contribution is 5.01. The molecule has 4 heteroatoms. The van der Waals surface area contributed by atoms with E-state index in [2.05, 4.69) is 10.1 Å². The summed E-state index contributed by atoms with van der Waals surface area (Å²) >= 11 is 0. The predicted octanol–water partition coefficient (Wildman–Crippen LogP) is 2.40. The van der Waals surface area contributed by atoms with Gasteiger partial charge in [0.15, 0.2) is 6.33 Å². The molecule has 0 aliphatic heterocycles. The van der Waals surface area contributed by atoms with Gasteiger partial charge in [0.05, 0.1) is 0 Å². The molecule has 0 amide bonds. The van der Waals surface area contributed by atoms with Crippen LogP contribution in [0.3, 0.4) is 0 Å². The average molecular weight is 261 g/mol. The molecule has 0 aromatic carbocycles. The Morgan fingerprint density at radius 3 is 2.42 bits per heavy atom. The summed E-state index contributed by atoms with van der Waals surface area (Å²) in [6, 6.07) is 0.321. The van der Waals surface area contributed by atoms with Gasteiger partial charge < -0.3 is 10.3 Å². The molecule has 4 fully saturated rings. The van der Waals surface area contributed by atoms with Crippen LogP contribution in [0.25, 0.3) is 0 Å². The summed E-state index contributed by atoms with van der Waals surface area (Å²) in [5.74, 6) is 5.38. The molecule has 1 aromatic heterocycles. The van der Waals surface area contributed by atoms with E-state index in [0.717, 1.165) is 48.3 Å². The highest BCUT2D eigenvalue weighted by Crippen LogP contribution is 2.57. The first-order chi connectivity index (χ1) is 9.29. The zero-order valence-electron chi connectivity index (χ0n) is 11.4. The third-order valence-electron chi connectivity index (χ3n) is 5.89. The first-order valence-electron chi connectivity index (χ1n) is 7.80. The van der Waals surface area contributed by atoms with Crippen molar-refractivity contribution in [2.24, 2.45) is 35.3 Å². The minimum Gasteiger partial charge on any atom is -0.340 e. The second kappa shape index (κ2) is 4.58. The molecule has 5 rings (SSSR count). The third-order valence-corrected chi connectivity index (χ3v) is 5.89. The summed E-state index contributed by atoms with van der Waals surface area (Å²) < 4.78 is 5.07. The van der Waals surface area contributed by atoms with Gasteiger partial charge in [-0.3, -0.25) is 0 Å². The normalized spacial score (nSPS) is 41.6. The molecule has 4 nitrogen and oxygen atoms in total. The fraction of sp³-hybridized carbons (Fsp3) is 0.867. The Hall–Kier alpha value is -0.900. The fourth-order valence-electron chi connectivity index (χ4n) is 5.46. The monoisotopic (exact) mass is 261 g/mol. The molecule has 0 radical (unpaired) electrons. The van der Waals surface area contributed by atoms with Crippen molar-refractivity contribution in [2.45, 2.75) is 51.0 Å². The molecular formula is C15H23N3O. The van der Waals surface area contributed by atoms with Crippen molar-refractivity contribution in [1.29, 1.82) is 0 Å². The van der Waals surface area contributed by atoms with Gasteiger partial charge in [0.25, 0.3) is 0 Å². The van der Waals surface area contributed by atoms with Crippen LogP contribution in [0.4, 0.5) is 0 Å². The van der Waals surface area contributed by atoms with Crippen molar-refractivity contribution in [3.8, 4) is 0 Å². The number of nitrogens with two attached hydrogens (primary N) is 1. The van der Waals surface area contributed by atoms with Crippen molar-refractivity contribution in [1.82, 2.24) is 10.1 Å². The van der Waals surface area contributed by atoms with E-state index in [1.54, 1.807) is 0 Å². The van der Waals surface area contributed by atoms with Crippen molar-refractivity contribution in [2.75, 3.05) is 0 Å². The van der Waals surface area contributed by atoms with E-state index >= 15 is 0 Å². The fourth-order valence-corrected chi connectivity index (χ4v) is 5.46. The van der Waals surface area contributed by atoms with E-state index in [1.807, 2.05) is 0 Å². The first kappa shape index (κ1) is 11.9. The van der Waals surface area contributed by atoms with Crippen LogP contribution < -0.4 is 5.73 Å². The van der Waals surface area contributed by atoms with E-state index in [-0.39, 0.29) is 0 Å². The Bertz CT molecular complexity index is 403. The van der Waals surface area contributed by atoms with Crippen molar-refractivity contribution >= 4 is 0 Å². The molecule has 19 heavy (non-hydrogen) atoms. The molecule has 1 atom stereocenters. The Kier molecular flexibility index (Phi) is 2.87. The molecule has 0 spiro atoms. The van der Waals surface area contributed by atoms with Gasteiger partial charge in [-0.05, 0) is 68.1 Å². The molecule has 4 bridgehead atoms. The molecule has 1 heterocycles. The number of hydrogen-bond acceptors (Lipinski definition) is 4. The lowest BCUT2D eigenvalue weighted by molar-refractivity contribution is -0.0476. The van der Waals surface area contributed by atoms with Crippen LogP contribution in [0.15, 0.2) is 10.9 Å². The number of aromatic nitrogens is 2. The average Bonchev–Trinajstić information content (AvgIpc) is 2.88. The Labute approximate surface area is 114 Å². The maximum absolute atomic E-state index is 6.53. The summed E-state index contributed by atoms with van der Waals surface area (Å²) in [5, 5.41) is 3.66. The number of nitrogens with zero attached hydrogens (tertiary/aromatic N) is 2. The van der Waals surface area contributed by atoms with Crippen LogP contribution in [-0.2, 0) is 6.42 Å². The Morgan fingerprint density at radius 1 is 1.16 bits per heavy atom. The zero-order valence-corrected chi connectivity index (χ0v) is 11.4. The van der Waals surface area contributed by atoms with Gasteiger partial charge in [-0.25, -0.2) is 0 Å². The molecule has 4 aliphatic carbocycles. The summed E-state index contributed by atoms with van der Waals surface area (Å²) in [6.45, 7) is 0. The highest BCUT2D eigenvalue weighted by atomic mass is 16.5. The topological polar surface area (TPSA) is 64.9 Å². The lowest BCUT2D eigenvalue weighted by Gasteiger charge is -2.56. The van der Waals surface area contributed by atoms with E-state index in [0.29, 0.717) is 6.04 Å². The Morgan fingerprint density at radius 2 is 1.84 bits per heavy atom. The van der Waals surface area contributed by atoms with Crippen molar-refractivity contribution in [3.05, 3.63) is 12.2 Å². The van der Waals surface area contributed by atoms with E-state index in [1.165, 1.54) is 38.4 Å². The summed E-state index contributed by atoms with van der Waals surface area (Å²) in [6.07, 6.45) is 10.6. The van der Waals surface area contributed by atoms with Crippen LogP contribution in [0.1, 0.15) is 44.4 Å². The predicted molar refractivity (Wildman–Crippen MR) is 71.1 cm³/mol. The smallest absolute Gasteiger partial charge is 0.226 e. The van der Waals surface area contributed by atoms with Crippen LogP contribution in [0.5, 0.6) is 0 Å². The summed E-state index contributed by atoms with van der Waals surface area (Å²) in [5.41, 5.74) is 6.53. The minimum absolute atomic E-state index is 0.321. The third kappa shape index (κ3) is 2.10.